The molecular formula is C12H15F3N2O. The quantitative estimate of drug-likeness (QED) is 0.903. The van der Waals surface area contributed by atoms with Crippen LogP contribution in [0, 0.1) is 5.92 Å². The Morgan fingerprint density at radius 1 is 1.44 bits per heavy atom. The lowest BCUT2D eigenvalue weighted by molar-refractivity contribution is -0.141. The predicted molar refractivity (Wildman–Crippen MR) is 60.3 cm³/mol. The van der Waals surface area contributed by atoms with E-state index in [-0.39, 0.29) is 5.75 Å². The first-order valence-electron chi connectivity index (χ1n) is 5.92. The third-order valence-corrected chi connectivity index (χ3v) is 2.98. The molecule has 18 heavy (non-hydrogen) atoms. The minimum absolute atomic E-state index is 0.225. The smallest absolute Gasteiger partial charge is 0.433 e. The van der Waals surface area contributed by atoms with E-state index < -0.39 is 11.9 Å². The fourth-order valence-electron chi connectivity index (χ4n) is 1.96. The Kier molecular flexibility index (Phi) is 4.06. The van der Waals surface area contributed by atoms with Crippen molar-refractivity contribution in [2.45, 2.75) is 19.0 Å². The summed E-state index contributed by atoms with van der Waals surface area (Å²) in [6, 6.07) is 2.38. The molecule has 1 fully saturated rings. The maximum atomic E-state index is 12.4. The van der Waals surface area contributed by atoms with Crippen molar-refractivity contribution in [3.8, 4) is 5.75 Å². The van der Waals surface area contributed by atoms with E-state index in [9.17, 15) is 13.2 Å². The molecule has 1 saturated heterocycles. The standard InChI is InChI=1S/C12H15F3N2O/c13-12(14,15)11-7-10(2-5-17-11)18-6-3-9-1-4-16-8-9/h2,5,7,9,16H,1,3-4,6,8H2. The predicted octanol–water partition coefficient (Wildman–Crippen LogP) is 2.48. The number of hydrogen-bond donors (Lipinski definition) is 1. The molecule has 0 radical (unpaired) electrons. The van der Waals surface area contributed by atoms with Crippen molar-refractivity contribution in [3.05, 3.63) is 24.0 Å². The summed E-state index contributed by atoms with van der Waals surface area (Å²) in [5.41, 5.74) is -0.914. The molecule has 1 aliphatic heterocycles. The molecular weight excluding hydrogens is 245 g/mol. The summed E-state index contributed by atoms with van der Waals surface area (Å²) in [6.45, 7) is 2.42. The Bertz CT molecular complexity index is 389. The molecule has 3 nitrogen and oxygen atoms in total. The fraction of sp³-hybridized carbons (Fsp3) is 0.583. The molecule has 1 aromatic rings. The van der Waals surface area contributed by atoms with Crippen LogP contribution in [0.1, 0.15) is 18.5 Å². The molecule has 100 valence electrons. The van der Waals surface area contributed by atoms with Crippen LogP contribution in [0.2, 0.25) is 0 Å². The van der Waals surface area contributed by atoms with Gasteiger partial charge in [0.1, 0.15) is 11.4 Å². The van der Waals surface area contributed by atoms with E-state index in [0.29, 0.717) is 12.5 Å². The normalized spacial score (nSPS) is 20.1. The van der Waals surface area contributed by atoms with Crippen molar-refractivity contribution < 1.29 is 17.9 Å². The highest BCUT2D eigenvalue weighted by atomic mass is 19.4. The number of ether oxygens (including phenoxy) is 1. The lowest BCUT2D eigenvalue weighted by Crippen LogP contribution is -2.12. The van der Waals surface area contributed by atoms with Gasteiger partial charge in [0.25, 0.3) is 0 Å². The van der Waals surface area contributed by atoms with E-state index in [0.717, 1.165) is 38.2 Å². The summed E-state index contributed by atoms with van der Waals surface area (Å²) in [4.78, 5) is 3.28. The summed E-state index contributed by atoms with van der Waals surface area (Å²) in [5, 5.41) is 3.24. The van der Waals surface area contributed by atoms with Gasteiger partial charge >= 0.3 is 6.18 Å². The minimum atomic E-state index is -4.42. The van der Waals surface area contributed by atoms with Crippen LogP contribution in [0.5, 0.6) is 5.75 Å². The summed E-state index contributed by atoms with van der Waals surface area (Å²) in [5.74, 6) is 0.789. The van der Waals surface area contributed by atoms with Crippen molar-refractivity contribution in [3.63, 3.8) is 0 Å². The van der Waals surface area contributed by atoms with E-state index in [1.807, 2.05) is 0 Å². The summed E-state index contributed by atoms with van der Waals surface area (Å²) < 4.78 is 42.6. The minimum Gasteiger partial charge on any atom is -0.493 e. The van der Waals surface area contributed by atoms with Crippen molar-refractivity contribution in [1.29, 1.82) is 0 Å². The van der Waals surface area contributed by atoms with Crippen molar-refractivity contribution in [2.24, 2.45) is 5.92 Å². The molecule has 0 saturated carbocycles. The van der Waals surface area contributed by atoms with Gasteiger partial charge in [0.05, 0.1) is 6.61 Å². The lowest BCUT2D eigenvalue weighted by atomic mass is 10.1. The second-order valence-electron chi connectivity index (χ2n) is 4.37. The second kappa shape index (κ2) is 5.56. The second-order valence-corrected chi connectivity index (χ2v) is 4.37. The Morgan fingerprint density at radius 2 is 2.28 bits per heavy atom. The first-order valence-corrected chi connectivity index (χ1v) is 5.92. The number of alkyl halides is 3. The zero-order valence-corrected chi connectivity index (χ0v) is 9.83. The van der Waals surface area contributed by atoms with Gasteiger partial charge in [-0.05, 0) is 37.9 Å². The SMILES string of the molecule is FC(F)(F)c1cc(OCCC2CCNC2)ccn1. The molecule has 1 N–H and O–H groups in total. The van der Waals surface area contributed by atoms with Crippen LogP contribution in [-0.4, -0.2) is 24.7 Å². The first-order chi connectivity index (χ1) is 8.55. The fourth-order valence-corrected chi connectivity index (χ4v) is 1.96. The number of halogens is 3. The van der Waals surface area contributed by atoms with Crippen LogP contribution in [-0.2, 0) is 6.18 Å². The Hall–Kier alpha value is -1.30. The van der Waals surface area contributed by atoms with Crippen LogP contribution in [0.4, 0.5) is 13.2 Å². The van der Waals surface area contributed by atoms with Gasteiger partial charge in [-0.2, -0.15) is 13.2 Å². The molecule has 1 aromatic heterocycles. The van der Waals surface area contributed by atoms with E-state index in [2.05, 4.69) is 10.3 Å². The summed E-state index contributed by atoms with van der Waals surface area (Å²) in [7, 11) is 0. The molecule has 0 aliphatic carbocycles. The van der Waals surface area contributed by atoms with Gasteiger partial charge in [0, 0.05) is 12.3 Å². The van der Waals surface area contributed by atoms with Crippen molar-refractivity contribution >= 4 is 0 Å². The van der Waals surface area contributed by atoms with Gasteiger partial charge in [-0.15, -0.1) is 0 Å². The highest BCUT2D eigenvalue weighted by Gasteiger charge is 2.32. The van der Waals surface area contributed by atoms with Crippen LogP contribution in [0.15, 0.2) is 18.3 Å². The van der Waals surface area contributed by atoms with Crippen LogP contribution in [0.3, 0.4) is 0 Å². The Labute approximate surface area is 103 Å². The number of hydrogen-bond acceptors (Lipinski definition) is 3. The number of nitrogens with zero attached hydrogens (tertiary/aromatic N) is 1. The van der Waals surface area contributed by atoms with Crippen LogP contribution < -0.4 is 10.1 Å². The molecule has 0 amide bonds. The molecule has 2 rings (SSSR count). The molecule has 1 atom stereocenters. The lowest BCUT2D eigenvalue weighted by Gasteiger charge is -2.11. The largest absolute Gasteiger partial charge is 0.493 e. The monoisotopic (exact) mass is 260 g/mol. The van der Waals surface area contributed by atoms with Gasteiger partial charge in [0.2, 0.25) is 0 Å². The molecule has 0 bridgehead atoms. The molecule has 1 unspecified atom stereocenters. The highest BCUT2D eigenvalue weighted by Crippen LogP contribution is 2.29. The molecule has 6 heteroatoms. The summed E-state index contributed by atoms with van der Waals surface area (Å²) >= 11 is 0. The van der Waals surface area contributed by atoms with Gasteiger partial charge in [-0.1, -0.05) is 0 Å². The van der Waals surface area contributed by atoms with Crippen molar-refractivity contribution in [1.82, 2.24) is 10.3 Å². The average Bonchev–Trinajstić information content (AvgIpc) is 2.81. The van der Waals surface area contributed by atoms with Crippen LogP contribution in [0.25, 0.3) is 0 Å². The number of rotatable bonds is 4. The van der Waals surface area contributed by atoms with E-state index >= 15 is 0 Å². The zero-order valence-electron chi connectivity index (χ0n) is 9.83. The zero-order chi connectivity index (χ0) is 13.0. The maximum absolute atomic E-state index is 12.4. The Morgan fingerprint density at radius 3 is 2.94 bits per heavy atom. The van der Waals surface area contributed by atoms with Gasteiger partial charge in [-0.3, -0.25) is 4.98 Å². The maximum Gasteiger partial charge on any atom is 0.433 e. The van der Waals surface area contributed by atoms with Crippen molar-refractivity contribution in [2.75, 3.05) is 19.7 Å². The van der Waals surface area contributed by atoms with Gasteiger partial charge in [0.15, 0.2) is 0 Å². The topological polar surface area (TPSA) is 34.1 Å². The summed E-state index contributed by atoms with van der Waals surface area (Å²) in [6.07, 6.45) is -1.34. The van der Waals surface area contributed by atoms with Gasteiger partial charge < -0.3 is 10.1 Å². The number of aromatic nitrogens is 1. The Balaban J connectivity index is 1.85. The first kappa shape index (κ1) is 13.1. The third kappa shape index (κ3) is 3.60. The molecule has 0 aromatic carbocycles. The van der Waals surface area contributed by atoms with Gasteiger partial charge in [-0.25, -0.2) is 0 Å². The number of pyridine rings is 1. The van der Waals surface area contributed by atoms with E-state index in [1.165, 1.54) is 6.07 Å². The molecule has 0 spiro atoms. The van der Waals surface area contributed by atoms with E-state index in [4.69, 9.17) is 4.74 Å². The number of nitrogens with one attached hydrogen (secondary N) is 1. The third-order valence-electron chi connectivity index (χ3n) is 2.98. The van der Waals surface area contributed by atoms with Crippen LogP contribution >= 0.6 is 0 Å². The highest BCUT2D eigenvalue weighted by molar-refractivity contribution is 5.24. The average molecular weight is 260 g/mol. The molecule has 2 heterocycles. The van der Waals surface area contributed by atoms with E-state index in [1.54, 1.807) is 0 Å². The molecule has 1 aliphatic rings.